The Morgan fingerprint density at radius 1 is 1.38 bits per heavy atom. The molecule has 0 aromatic carbocycles. The van der Waals surface area contributed by atoms with Crippen molar-refractivity contribution in [2.75, 3.05) is 0 Å². The molecule has 6 heteroatoms. The fourth-order valence-corrected chi connectivity index (χ4v) is 4.19. The molecule has 1 saturated carbocycles. The zero-order valence-corrected chi connectivity index (χ0v) is 14.2. The summed E-state index contributed by atoms with van der Waals surface area (Å²) in [7, 11) is 1.63. The molecule has 2 fully saturated rings. The normalized spacial score (nSPS) is 29.5. The highest BCUT2D eigenvalue weighted by Gasteiger charge is 2.40. The van der Waals surface area contributed by atoms with Gasteiger partial charge in [0, 0.05) is 31.7 Å². The summed E-state index contributed by atoms with van der Waals surface area (Å²) in [5.41, 5.74) is -0.123. The third-order valence-electron chi connectivity index (χ3n) is 5.53. The van der Waals surface area contributed by atoms with E-state index in [9.17, 15) is 14.4 Å². The van der Waals surface area contributed by atoms with Gasteiger partial charge in [0.25, 0.3) is 11.5 Å². The van der Waals surface area contributed by atoms with Gasteiger partial charge in [-0.3, -0.25) is 14.4 Å². The fourth-order valence-electron chi connectivity index (χ4n) is 4.19. The lowest BCUT2D eigenvalue weighted by Crippen LogP contribution is -2.55. The summed E-state index contributed by atoms with van der Waals surface area (Å²) in [5, 5.41) is 6.07. The number of aryl methyl sites for hydroxylation is 1. The van der Waals surface area contributed by atoms with Gasteiger partial charge in [-0.05, 0) is 43.2 Å². The summed E-state index contributed by atoms with van der Waals surface area (Å²) in [5.74, 6) is 0.744. The third-order valence-corrected chi connectivity index (χ3v) is 5.53. The molecule has 2 amide bonds. The Bertz CT molecular complexity index is 697. The van der Waals surface area contributed by atoms with E-state index in [1.807, 2.05) is 0 Å². The van der Waals surface area contributed by atoms with E-state index in [0.717, 1.165) is 25.7 Å². The summed E-state index contributed by atoms with van der Waals surface area (Å²) in [4.78, 5) is 36.3. The molecule has 24 heavy (non-hydrogen) atoms. The number of nitrogens with one attached hydrogen (secondary N) is 2. The molecule has 130 valence electrons. The SMILES string of the molecule is CCC1CC(=O)NC2CC(NC(=O)c3cccn(C)c3=O)CCC12. The van der Waals surface area contributed by atoms with Crippen LogP contribution in [0.4, 0.5) is 0 Å². The molecule has 6 nitrogen and oxygen atoms in total. The standard InChI is InChI=1S/C18H25N3O3/c1-3-11-9-16(22)20-15-10-12(6-7-13(11)15)19-17(23)14-5-4-8-21(2)18(14)24/h4-5,8,11-13,15H,3,6-7,9-10H2,1-2H3,(H,19,23)(H,20,22). The second kappa shape index (κ2) is 6.79. The van der Waals surface area contributed by atoms with Crippen molar-refractivity contribution in [2.24, 2.45) is 18.9 Å². The molecular weight excluding hydrogens is 306 g/mol. The van der Waals surface area contributed by atoms with Crippen molar-refractivity contribution in [3.8, 4) is 0 Å². The lowest BCUT2D eigenvalue weighted by Gasteiger charge is -2.44. The van der Waals surface area contributed by atoms with E-state index in [0.29, 0.717) is 18.3 Å². The maximum Gasteiger partial charge on any atom is 0.263 e. The second-order valence-corrected chi connectivity index (χ2v) is 7.03. The van der Waals surface area contributed by atoms with Crippen molar-refractivity contribution in [1.82, 2.24) is 15.2 Å². The molecule has 1 aromatic rings. The predicted molar refractivity (Wildman–Crippen MR) is 90.6 cm³/mol. The molecule has 4 atom stereocenters. The average Bonchev–Trinajstić information content (AvgIpc) is 2.56. The molecule has 2 heterocycles. The van der Waals surface area contributed by atoms with Crippen LogP contribution in [0.5, 0.6) is 0 Å². The van der Waals surface area contributed by atoms with Crippen LogP contribution in [0.15, 0.2) is 23.1 Å². The van der Waals surface area contributed by atoms with Gasteiger partial charge < -0.3 is 15.2 Å². The highest BCUT2D eigenvalue weighted by Crippen LogP contribution is 2.36. The van der Waals surface area contributed by atoms with Crippen LogP contribution in [0.3, 0.4) is 0 Å². The Balaban J connectivity index is 1.67. The Labute approximate surface area is 141 Å². The quantitative estimate of drug-likeness (QED) is 0.873. The Hall–Kier alpha value is -2.11. The number of rotatable bonds is 3. The monoisotopic (exact) mass is 331 g/mol. The molecule has 0 bridgehead atoms. The number of pyridine rings is 1. The Morgan fingerprint density at radius 2 is 2.17 bits per heavy atom. The van der Waals surface area contributed by atoms with E-state index in [1.165, 1.54) is 4.57 Å². The van der Waals surface area contributed by atoms with Crippen LogP contribution in [0.1, 0.15) is 49.4 Å². The number of hydrogen-bond acceptors (Lipinski definition) is 3. The smallest absolute Gasteiger partial charge is 0.263 e. The van der Waals surface area contributed by atoms with Gasteiger partial charge in [0.05, 0.1) is 0 Å². The molecule has 0 radical (unpaired) electrons. The van der Waals surface area contributed by atoms with Crippen molar-refractivity contribution >= 4 is 11.8 Å². The molecule has 2 aliphatic rings. The van der Waals surface area contributed by atoms with Gasteiger partial charge in [-0.15, -0.1) is 0 Å². The summed E-state index contributed by atoms with van der Waals surface area (Å²) in [6.07, 6.45) is 5.91. The van der Waals surface area contributed by atoms with E-state index in [1.54, 1.807) is 25.4 Å². The van der Waals surface area contributed by atoms with E-state index in [4.69, 9.17) is 0 Å². The van der Waals surface area contributed by atoms with E-state index in [-0.39, 0.29) is 35.0 Å². The number of carbonyl (C=O) groups excluding carboxylic acids is 2. The highest BCUT2D eigenvalue weighted by molar-refractivity contribution is 5.94. The molecule has 4 unspecified atom stereocenters. The Kier molecular flexibility index (Phi) is 4.73. The van der Waals surface area contributed by atoms with Crippen LogP contribution in [-0.4, -0.2) is 28.5 Å². The lowest BCUT2D eigenvalue weighted by atomic mass is 9.70. The molecule has 1 aromatic heterocycles. The maximum absolute atomic E-state index is 12.4. The van der Waals surface area contributed by atoms with Gasteiger partial charge in [-0.1, -0.05) is 13.3 Å². The molecule has 1 saturated heterocycles. The number of amides is 2. The van der Waals surface area contributed by atoms with E-state index in [2.05, 4.69) is 17.6 Å². The van der Waals surface area contributed by atoms with Crippen LogP contribution in [0, 0.1) is 11.8 Å². The molecule has 0 spiro atoms. The van der Waals surface area contributed by atoms with E-state index < -0.39 is 0 Å². The number of fused-ring (bicyclic) bond motifs is 1. The van der Waals surface area contributed by atoms with Crippen molar-refractivity contribution in [3.63, 3.8) is 0 Å². The largest absolute Gasteiger partial charge is 0.353 e. The first kappa shape index (κ1) is 16.7. The summed E-state index contributed by atoms with van der Waals surface area (Å²) in [6, 6.07) is 3.38. The minimum absolute atomic E-state index is 0.000400. The first-order valence-electron chi connectivity index (χ1n) is 8.75. The van der Waals surface area contributed by atoms with Crippen LogP contribution < -0.4 is 16.2 Å². The van der Waals surface area contributed by atoms with Gasteiger partial charge in [-0.25, -0.2) is 0 Å². The zero-order chi connectivity index (χ0) is 17.3. The first-order valence-corrected chi connectivity index (χ1v) is 8.75. The molecular formula is C18H25N3O3. The number of carbonyl (C=O) groups is 2. The average molecular weight is 331 g/mol. The minimum atomic E-state index is -0.325. The number of hydrogen-bond donors (Lipinski definition) is 2. The Morgan fingerprint density at radius 3 is 2.92 bits per heavy atom. The topological polar surface area (TPSA) is 80.2 Å². The number of aromatic nitrogens is 1. The van der Waals surface area contributed by atoms with Gasteiger partial charge in [-0.2, -0.15) is 0 Å². The lowest BCUT2D eigenvalue weighted by molar-refractivity contribution is -0.127. The van der Waals surface area contributed by atoms with Crippen LogP contribution in [0.25, 0.3) is 0 Å². The van der Waals surface area contributed by atoms with Crippen LogP contribution >= 0.6 is 0 Å². The molecule has 1 aliphatic carbocycles. The molecule has 2 N–H and O–H groups in total. The summed E-state index contributed by atoms with van der Waals surface area (Å²) < 4.78 is 1.40. The second-order valence-electron chi connectivity index (χ2n) is 7.03. The fraction of sp³-hybridized carbons (Fsp3) is 0.611. The van der Waals surface area contributed by atoms with E-state index >= 15 is 0 Å². The maximum atomic E-state index is 12.4. The third kappa shape index (κ3) is 3.23. The van der Waals surface area contributed by atoms with Crippen molar-refractivity contribution in [2.45, 2.75) is 51.1 Å². The predicted octanol–water partition coefficient (Wildman–Crippen LogP) is 1.20. The van der Waals surface area contributed by atoms with Gasteiger partial charge >= 0.3 is 0 Å². The van der Waals surface area contributed by atoms with Crippen LogP contribution in [-0.2, 0) is 11.8 Å². The summed E-state index contributed by atoms with van der Waals surface area (Å²) >= 11 is 0. The van der Waals surface area contributed by atoms with Gasteiger partial charge in [0.1, 0.15) is 5.56 Å². The van der Waals surface area contributed by atoms with Gasteiger partial charge in [0.15, 0.2) is 0 Å². The molecule has 3 rings (SSSR count). The van der Waals surface area contributed by atoms with Crippen molar-refractivity contribution in [3.05, 3.63) is 34.2 Å². The van der Waals surface area contributed by atoms with Crippen LogP contribution in [0.2, 0.25) is 0 Å². The number of nitrogens with zero attached hydrogens (tertiary/aromatic N) is 1. The van der Waals surface area contributed by atoms with Gasteiger partial charge in [0.2, 0.25) is 5.91 Å². The van der Waals surface area contributed by atoms with Crippen molar-refractivity contribution < 1.29 is 9.59 Å². The number of piperidine rings is 1. The van der Waals surface area contributed by atoms with Crippen molar-refractivity contribution in [1.29, 1.82) is 0 Å². The summed E-state index contributed by atoms with van der Waals surface area (Å²) in [6.45, 7) is 2.14. The highest BCUT2D eigenvalue weighted by atomic mass is 16.2. The minimum Gasteiger partial charge on any atom is -0.353 e. The molecule has 1 aliphatic heterocycles. The zero-order valence-electron chi connectivity index (χ0n) is 14.2. The first-order chi connectivity index (χ1) is 11.5.